The van der Waals surface area contributed by atoms with Crippen molar-refractivity contribution in [3.05, 3.63) is 22.6 Å². The van der Waals surface area contributed by atoms with Crippen LogP contribution in [0.4, 0.5) is 0 Å². The van der Waals surface area contributed by atoms with E-state index in [1.54, 1.807) is 0 Å². The molecule has 0 aliphatic carbocycles. The monoisotopic (exact) mass is 303 g/mol. The molecule has 4 nitrogen and oxygen atoms in total. The Bertz CT molecular complexity index is 437. The summed E-state index contributed by atoms with van der Waals surface area (Å²) < 4.78 is 5.70. The van der Waals surface area contributed by atoms with Crippen molar-refractivity contribution in [2.45, 2.75) is 47.6 Å². The van der Waals surface area contributed by atoms with Gasteiger partial charge in [-0.3, -0.25) is 4.90 Å². The number of hydrogen-bond acceptors (Lipinski definition) is 3. The van der Waals surface area contributed by atoms with Crippen LogP contribution in [-0.2, 0) is 13.0 Å². The van der Waals surface area contributed by atoms with Crippen LogP contribution in [0.15, 0.2) is 4.42 Å². The van der Waals surface area contributed by atoms with Crippen LogP contribution in [0, 0.1) is 12.8 Å². The summed E-state index contributed by atoms with van der Waals surface area (Å²) in [5.41, 5.74) is 1.20. The van der Waals surface area contributed by atoms with Crippen molar-refractivity contribution in [3.63, 3.8) is 0 Å². The lowest BCUT2D eigenvalue weighted by Crippen LogP contribution is -2.23. The molecule has 1 heterocycles. The van der Waals surface area contributed by atoms with Crippen LogP contribution in [0.1, 0.15) is 55.1 Å². The van der Waals surface area contributed by atoms with Crippen LogP contribution in [-0.4, -0.2) is 29.1 Å². The Balaban J connectivity index is 0.00000361. The number of aryl methyl sites for hydroxylation is 1. The molecule has 0 unspecified atom stereocenters. The molecule has 1 aromatic rings. The number of carbonyl (C=O) groups is 1. The number of carboxylic acid groups (broad SMARTS) is 1. The van der Waals surface area contributed by atoms with E-state index in [9.17, 15) is 9.90 Å². The molecule has 0 spiro atoms. The molecule has 0 amide bonds. The van der Waals surface area contributed by atoms with Crippen molar-refractivity contribution in [2.75, 3.05) is 13.1 Å². The minimum Gasteiger partial charge on any atom is -0.478 e. The van der Waals surface area contributed by atoms with Gasteiger partial charge in [0.25, 0.3) is 0 Å². The fraction of sp³-hybridized carbons (Fsp3) is 0.667. The van der Waals surface area contributed by atoms with E-state index in [-0.39, 0.29) is 12.4 Å². The van der Waals surface area contributed by atoms with Crippen LogP contribution < -0.4 is 0 Å². The second kappa shape index (κ2) is 8.32. The quantitative estimate of drug-likeness (QED) is 0.833. The minimum absolute atomic E-state index is 0. The molecule has 20 heavy (non-hydrogen) atoms. The summed E-state index contributed by atoms with van der Waals surface area (Å²) in [7, 11) is 0. The number of furan rings is 1. The topological polar surface area (TPSA) is 53.7 Å². The molecule has 0 aromatic carbocycles. The number of aromatic carboxylic acids is 1. The van der Waals surface area contributed by atoms with Gasteiger partial charge in [0.15, 0.2) is 0 Å². The molecule has 116 valence electrons. The highest BCUT2D eigenvalue weighted by Crippen LogP contribution is 2.26. The summed E-state index contributed by atoms with van der Waals surface area (Å²) in [6.45, 7) is 12.6. The van der Waals surface area contributed by atoms with Crippen LogP contribution >= 0.6 is 12.4 Å². The fourth-order valence-corrected chi connectivity index (χ4v) is 2.27. The third-order valence-electron chi connectivity index (χ3n) is 3.37. The second-order valence-corrected chi connectivity index (χ2v) is 5.30. The first-order valence-corrected chi connectivity index (χ1v) is 6.97. The van der Waals surface area contributed by atoms with Crippen molar-refractivity contribution in [2.24, 2.45) is 5.92 Å². The molecule has 0 aliphatic heterocycles. The van der Waals surface area contributed by atoms with Crippen LogP contribution in [0.5, 0.6) is 0 Å². The Morgan fingerprint density at radius 3 is 2.25 bits per heavy atom. The molecule has 0 saturated heterocycles. The summed E-state index contributed by atoms with van der Waals surface area (Å²) in [5.74, 6) is 0.849. The lowest BCUT2D eigenvalue weighted by atomic mass is 10.0. The van der Waals surface area contributed by atoms with Gasteiger partial charge in [0.1, 0.15) is 17.1 Å². The molecule has 5 heteroatoms. The molecule has 1 N–H and O–H groups in total. The first kappa shape index (κ1) is 19.0. The van der Waals surface area contributed by atoms with Crippen molar-refractivity contribution in [1.29, 1.82) is 0 Å². The van der Waals surface area contributed by atoms with E-state index in [2.05, 4.69) is 32.6 Å². The molecular formula is C15H26ClNO3. The van der Waals surface area contributed by atoms with E-state index >= 15 is 0 Å². The molecule has 1 rings (SSSR count). The van der Waals surface area contributed by atoms with Crippen molar-refractivity contribution >= 4 is 18.4 Å². The van der Waals surface area contributed by atoms with E-state index in [4.69, 9.17) is 4.42 Å². The van der Waals surface area contributed by atoms with E-state index in [1.165, 1.54) is 0 Å². The van der Waals surface area contributed by atoms with Gasteiger partial charge in [0.2, 0.25) is 0 Å². The number of carboxylic acids is 1. The zero-order chi connectivity index (χ0) is 14.6. The maximum absolute atomic E-state index is 11.5. The molecule has 0 radical (unpaired) electrons. The maximum atomic E-state index is 11.5. The highest BCUT2D eigenvalue weighted by Gasteiger charge is 2.24. The van der Waals surface area contributed by atoms with Crippen molar-refractivity contribution in [1.82, 2.24) is 4.90 Å². The number of hydrogen-bond donors (Lipinski definition) is 1. The van der Waals surface area contributed by atoms with Crippen molar-refractivity contribution in [3.8, 4) is 0 Å². The standard InChI is InChI=1S/C15H25NO3.ClH/c1-6-16(7-2)9-12-11(5)19-13(8-10(3)4)14(12)15(17)18;/h10H,6-9H2,1-5H3,(H,17,18);1H. The average Bonchev–Trinajstić information content (AvgIpc) is 2.61. The summed E-state index contributed by atoms with van der Waals surface area (Å²) in [6, 6.07) is 0. The maximum Gasteiger partial charge on any atom is 0.339 e. The molecule has 0 aliphatic rings. The van der Waals surface area contributed by atoms with Gasteiger partial charge >= 0.3 is 5.97 Å². The Morgan fingerprint density at radius 1 is 1.30 bits per heavy atom. The van der Waals surface area contributed by atoms with Crippen LogP contribution in [0.2, 0.25) is 0 Å². The van der Waals surface area contributed by atoms with Crippen LogP contribution in [0.3, 0.4) is 0 Å². The zero-order valence-corrected chi connectivity index (χ0v) is 13.8. The Morgan fingerprint density at radius 2 is 1.85 bits per heavy atom. The molecule has 0 fully saturated rings. The van der Waals surface area contributed by atoms with Crippen molar-refractivity contribution < 1.29 is 14.3 Å². The first-order valence-electron chi connectivity index (χ1n) is 6.97. The lowest BCUT2D eigenvalue weighted by Gasteiger charge is -2.17. The number of rotatable bonds is 7. The van der Waals surface area contributed by atoms with E-state index in [0.29, 0.717) is 30.2 Å². The summed E-state index contributed by atoms with van der Waals surface area (Å²) in [5, 5.41) is 9.45. The lowest BCUT2D eigenvalue weighted by molar-refractivity contribution is 0.0692. The normalized spacial score (nSPS) is 10.9. The van der Waals surface area contributed by atoms with Gasteiger partial charge in [0, 0.05) is 18.5 Å². The van der Waals surface area contributed by atoms with E-state index in [0.717, 1.165) is 24.4 Å². The van der Waals surface area contributed by atoms with E-state index in [1.807, 2.05) is 6.92 Å². The fourth-order valence-electron chi connectivity index (χ4n) is 2.27. The smallest absolute Gasteiger partial charge is 0.339 e. The van der Waals surface area contributed by atoms with Gasteiger partial charge in [-0.05, 0) is 25.9 Å². The van der Waals surface area contributed by atoms with Crippen LogP contribution in [0.25, 0.3) is 0 Å². The summed E-state index contributed by atoms with van der Waals surface area (Å²) >= 11 is 0. The third-order valence-corrected chi connectivity index (χ3v) is 3.37. The zero-order valence-electron chi connectivity index (χ0n) is 13.0. The predicted octanol–water partition coefficient (Wildman–Crippen LogP) is 3.75. The summed E-state index contributed by atoms with van der Waals surface area (Å²) in [4.78, 5) is 13.7. The molecule has 0 atom stereocenters. The Hall–Kier alpha value is -1.00. The Kier molecular flexibility index (Phi) is 7.91. The molecule has 0 saturated carbocycles. The third kappa shape index (κ3) is 4.53. The highest BCUT2D eigenvalue weighted by molar-refractivity contribution is 5.91. The Labute approximate surface area is 127 Å². The van der Waals surface area contributed by atoms with Gasteiger partial charge in [-0.15, -0.1) is 12.4 Å². The first-order chi connectivity index (χ1) is 8.90. The largest absolute Gasteiger partial charge is 0.478 e. The summed E-state index contributed by atoms with van der Waals surface area (Å²) in [6.07, 6.45) is 0.667. The molecule has 1 aromatic heterocycles. The van der Waals surface area contributed by atoms with Gasteiger partial charge in [0.05, 0.1) is 0 Å². The number of halogens is 1. The second-order valence-electron chi connectivity index (χ2n) is 5.30. The molecular weight excluding hydrogens is 278 g/mol. The number of nitrogens with zero attached hydrogens (tertiary/aromatic N) is 1. The minimum atomic E-state index is -0.880. The highest BCUT2D eigenvalue weighted by atomic mass is 35.5. The molecule has 0 bridgehead atoms. The van der Waals surface area contributed by atoms with Gasteiger partial charge in [-0.25, -0.2) is 4.79 Å². The van der Waals surface area contributed by atoms with Gasteiger partial charge in [-0.2, -0.15) is 0 Å². The predicted molar refractivity (Wildman–Crippen MR) is 82.8 cm³/mol. The average molecular weight is 304 g/mol. The SMILES string of the molecule is CCN(CC)Cc1c(C)oc(CC(C)C)c1C(=O)O.Cl. The van der Waals surface area contributed by atoms with Gasteiger partial charge < -0.3 is 9.52 Å². The van der Waals surface area contributed by atoms with Gasteiger partial charge in [-0.1, -0.05) is 27.7 Å². The van der Waals surface area contributed by atoms with E-state index < -0.39 is 5.97 Å².